The highest BCUT2D eigenvalue weighted by Gasteiger charge is 2.19. The van der Waals surface area contributed by atoms with Crippen molar-refractivity contribution in [1.29, 1.82) is 0 Å². The summed E-state index contributed by atoms with van der Waals surface area (Å²) in [6.07, 6.45) is 0.0206. The number of carbonyl (C=O) groups excluding carboxylic acids is 2. The van der Waals surface area contributed by atoms with Gasteiger partial charge in [0, 0.05) is 12.0 Å². The Kier molecular flexibility index (Phi) is 4.83. The predicted octanol–water partition coefficient (Wildman–Crippen LogP) is 2.72. The Morgan fingerprint density at radius 1 is 1.05 bits per heavy atom. The molecule has 4 nitrogen and oxygen atoms in total. The number of hydrogen-bond donors (Lipinski definition) is 1. The number of primary amides is 1. The first-order valence-corrected chi connectivity index (χ1v) is 6.49. The van der Waals surface area contributed by atoms with E-state index >= 15 is 0 Å². The number of ketones is 1. The Labute approximate surface area is 125 Å². The first-order valence-electron chi connectivity index (χ1n) is 6.49. The van der Waals surface area contributed by atoms with Gasteiger partial charge in [0.05, 0.1) is 6.61 Å². The lowest BCUT2D eigenvalue weighted by Gasteiger charge is -2.09. The quantitative estimate of drug-likeness (QED) is 0.834. The van der Waals surface area contributed by atoms with Gasteiger partial charge in [0.1, 0.15) is 11.4 Å². The number of rotatable bonds is 6. The average molecular weight is 305 g/mol. The summed E-state index contributed by atoms with van der Waals surface area (Å²) in [5.74, 6) is -3.94. The largest absolute Gasteiger partial charge is 0.490 e. The second kappa shape index (κ2) is 6.80. The molecule has 1 amide bonds. The summed E-state index contributed by atoms with van der Waals surface area (Å²) >= 11 is 0. The zero-order valence-electron chi connectivity index (χ0n) is 11.5. The van der Waals surface area contributed by atoms with Crippen molar-refractivity contribution < 1.29 is 23.1 Å². The van der Waals surface area contributed by atoms with Crippen LogP contribution >= 0.6 is 0 Å². The molecular weight excluding hydrogens is 292 g/mol. The summed E-state index contributed by atoms with van der Waals surface area (Å²) in [6, 6.07) is 10.5. The highest BCUT2D eigenvalue weighted by atomic mass is 19.1. The monoisotopic (exact) mass is 305 g/mol. The fraction of sp³-hybridized carbons (Fsp3) is 0.125. The summed E-state index contributed by atoms with van der Waals surface area (Å²) in [5, 5.41) is 0. The number of carbonyl (C=O) groups is 2. The van der Waals surface area contributed by atoms with Crippen LogP contribution < -0.4 is 10.5 Å². The lowest BCUT2D eigenvalue weighted by molar-refractivity contribution is 0.0955. The summed E-state index contributed by atoms with van der Waals surface area (Å²) < 4.78 is 32.3. The third-order valence-corrected chi connectivity index (χ3v) is 2.98. The Morgan fingerprint density at radius 2 is 1.73 bits per heavy atom. The van der Waals surface area contributed by atoms with Crippen molar-refractivity contribution >= 4 is 11.7 Å². The van der Waals surface area contributed by atoms with Gasteiger partial charge in [0.15, 0.2) is 17.3 Å². The van der Waals surface area contributed by atoms with Crippen molar-refractivity contribution in [3.63, 3.8) is 0 Å². The van der Waals surface area contributed by atoms with E-state index in [1.165, 1.54) is 0 Å². The van der Waals surface area contributed by atoms with Crippen LogP contribution in [-0.2, 0) is 0 Å². The topological polar surface area (TPSA) is 69.4 Å². The van der Waals surface area contributed by atoms with E-state index in [-0.39, 0.29) is 24.6 Å². The van der Waals surface area contributed by atoms with Gasteiger partial charge in [-0.3, -0.25) is 9.59 Å². The molecule has 0 aliphatic heterocycles. The van der Waals surface area contributed by atoms with Crippen LogP contribution in [0.25, 0.3) is 0 Å². The van der Waals surface area contributed by atoms with Crippen molar-refractivity contribution in [2.24, 2.45) is 5.73 Å². The lowest BCUT2D eigenvalue weighted by Crippen LogP contribution is -2.16. The molecule has 0 saturated carbocycles. The third-order valence-electron chi connectivity index (χ3n) is 2.98. The van der Waals surface area contributed by atoms with E-state index in [0.29, 0.717) is 5.56 Å². The zero-order chi connectivity index (χ0) is 16.1. The summed E-state index contributed by atoms with van der Waals surface area (Å²) in [5.41, 5.74) is 4.57. The van der Waals surface area contributed by atoms with Crippen LogP contribution in [0.15, 0.2) is 42.5 Å². The minimum Gasteiger partial charge on any atom is -0.490 e. The number of halogens is 2. The highest BCUT2D eigenvalue weighted by Crippen LogP contribution is 2.23. The SMILES string of the molecule is NC(=O)c1c(F)ccc(OCCC(=O)c2ccccc2)c1F. The maximum Gasteiger partial charge on any atom is 0.254 e. The van der Waals surface area contributed by atoms with Gasteiger partial charge >= 0.3 is 0 Å². The van der Waals surface area contributed by atoms with E-state index in [1.807, 2.05) is 0 Å². The molecule has 2 N–H and O–H groups in total. The second-order valence-electron chi connectivity index (χ2n) is 4.49. The standard InChI is InChI=1S/C16H13F2NO3/c17-11-6-7-13(15(18)14(11)16(19)21)22-9-8-12(20)10-4-2-1-3-5-10/h1-7H,8-9H2,(H2,19,21). The van der Waals surface area contributed by atoms with Gasteiger partial charge in [0.25, 0.3) is 5.91 Å². The van der Waals surface area contributed by atoms with E-state index in [0.717, 1.165) is 12.1 Å². The van der Waals surface area contributed by atoms with Crippen LogP contribution in [0, 0.1) is 11.6 Å². The zero-order valence-corrected chi connectivity index (χ0v) is 11.5. The molecule has 6 heteroatoms. The number of benzene rings is 2. The highest BCUT2D eigenvalue weighted by molar-refractivity contribution is 5.96. The number of Topliss-reactive ketones (excluding diaryl/α,β-unsaturated/α-hetero) is 1. The maximum absolute atomic E-state index is 13.9. The number of ether oxygens (including phenoxy) is 1. The Bertz CT molecular complexity index is 702. The van der Waals surface area contributed by atoms with Crippen LogP contribution in [0.3, 0.4) is 0 Å². The van der Waals surface area contributed by atoms with Crippen LogP contribution in [-0.4, -0.2) is 18.3 Å². The van der Waals surface area contributed by atoms with Crippen LogP contribution in [0.5, 0.6) is 5.75 Å². The Balaban J connectivity index is 2.02. The molecule has 2 rings (SSSR count). The molecule has 0 unspecified atom stereocenters. The van der Waals surface area contributed by atoms with Crippen LogP contribution in [0.4, 0.5) is 8.78 Å². The molecule has 22 heavy (non-hydrogen) atoms. The molecule has 114 valence electrons. The molecule has 0 aliphatic rings. The molecule has 0 spiro atoms. The number of hydrogen-bond acceptors (Lipinski definition) is 3. The molecule has 0 saturated heterocycles. The van der Waals surface area contributed by atoms with Gasteiger partial charge < -0.3 is 10.5 Å². The molecule has 0 aliphatic carbocycles. The van der Waals surface area contributed by atoms with Crippen molar-refractivity contribution in [3.8, 4) is 5.75 Å². The minimum absolute atomic E-state index is 0.0206. The van der Waals surface area contributed by atoms with Crippen LogP contribution in [0.1, 0.15) is 27.1 Å². The average Bonchev–Trinajstić information content (AvgIpc) is 2.50. The normalized spacial score (nSPS) is 10.3. The minimum atomic E-state index is -1.22. The molecule has 2 aromatic carbocycles. The lowest BCUT2D eigenvalue weighted by atomic mass is 10.1. The fourth-order valence-corrected chi connectivity index (χ4v) is 1.89. The van der Waals surface area contributed by atoms with E-state index in [9.17, 15) is 18.4 Å². The molecule has 0 bridgehead atoms. The van der Waals surface area contributed by atoms with Crippen molar-refractivity contribution in [3.05, 3.63) is 65.2 Å². The van der Waals surface area contributed by atoms with Gasteiger partial charge in [-0.05, 0) is 12.1 Å². The summed E-state index contributed by atoms with van der Waals surface area (Å²) in [7, 11) is 0. The summed E-state index contributed by atoms with van der Waals surface area (Å²) in [6.45, 7) is -0.103. The van der Waals surface area contributed by atoms with E-state index in [2.05, 4.69) is 0 Å². The number of nitrogens with two attached hydrogens (primary N) is 1. The van der Waals surface area contributed by atoms with E-state index < -0.39 is 23.1 Å². The van der Waals surface area contributed by atoms with Crippen molar-refractivity contribution in [2.45, 2.75) is 6.42 Å². The molecule has 0 atom stereocenters. The molecule has 2 aromatic rings. The van der Waals surface area contributed by atoms with E-state index in [1.54, 1.807) is 30.3 Å². The first kappa shape index (κ1) is 15.6. The van der Waals surface area contributed by atoms with E-state index in [4.69, 9.17) is 10.5 Å². The summed E-state index contributed by atoms with van der Waals surface area (Å²) in [4.78, 5) is 22.8. The van der Waals surface area contributed by atoms with Gasteiger partial charge in [-0.25, -0.2) is 8.78 Å². The van der Waals surface area contributed by atoms with Crippen molar-refractivity contribution in [2.75, 3.05) is 6.61 Å². The third kappa shape index (κ3) is 3.46. The van der Waals surface area contributed by atoms with Gasteiger partial charge in [0.2, 0.25) is 0 Å². The smallest absolute Gasteiger partial charge is 0.254 e. The second-order valence-corrected chi connectivity index (χ2v) is 4.49. The molecular formula is C16H13F2NO3. The molecule has 0 radical (unpaired) electrons. The van der Waals surface area contributed by atoms with Gasteiger partial charge in [-0.2, -0.15) is 0 Å². The first-order chi connectivity index (χ1) is 10.5. The van der Waals surface area contributed by atoms with Crippen molar-refractivity contribution in [1.82, 2.24) is 0 Å². The number of amides is 1. The van der Waals surface area contributed by atoms with Gasteiger partial charge in [-0.15, -0.1) is 0 Å². The van der Waals surface area contributed by atoms with Crippen LogP contribution in [0.2, 0.25) is 0 Å². The molecule has 0 aromatic heterocycles. The van der Waals surface area contributed by atoms with Gasteiger partial charge in [-0.1, -0.05) is 30.3 Å². The Hall–Kier alpha value is -2.76. The molecule has 0 fully saturated rings. The maximum atomic E-state index is 13.9. The molecule has 0 heterocycles. The predicted molar refractivity (Wildman–Crippen MR) is 75.8 cm³/mol. The fourth-order valence-electron chi connectivity index (χ4n) is 1.89. The Morgan fingerprint density at radius 3 is 2.36 bits per heavy atom.